The van der Waals surface area contributed by atoms with Crippen molar-refractivity contribution in [1.29, 1.82) is 0 Å². The predicted octanol–water partition coefficient (Wildman–Crippen LogP) is 4.62. The van der Waals surface area contributed by atoms with Crippen LogP contribution in [0.2, 0.25) is 5.02 Å². The van der Waals surface area contributed by atoms with Gasteiger partial charge in [-0.05, 0) is 36.4 Å². The number of benzene rings is 1. The molecule has 0 fully saturated rings. The maximum absolute atomic E-state index is 6.07. The van der Waals surface area contributed by atoms with Crippen molar-refractivity contribution in [3.8, 4) is 0 Å². The maximum Gasteiger partial charge on any atom is 0.177 e. The average molecular weight is 391 g/mol. The van der Waals surface area contributed by atoms with Crippen LogP contribution in [0.25, 0.3) is 21.4 Å². The Balaban J connectivity index is 1.77. The molecule has 0 saturated carbocycles. The van der Waals surface area contributed by atoms with Crippen molar-refractivity contribution in [2.75, 3.05) is 5.73 Å². The van der Waals surface area contributed by atoms with E-state index in [0.29, 0.717) is 16.4 Å². The van der Waals surface area contributed by atoms with Gasteiger partial charge in [-0.1, -0.05) is 24.9 Å². The molecule has 128 valence electrons. The fourth-order valence-corrected chi connectivity index (χ4v) is 4.89. The van der Waals surface area contributed by atoms with E-state index in [0.717, 1.165) is 44.7 Å². The van der Waals surface area contributed by atoms with Crippen LogP contribution in [-0.2, 0) is 6.54 Å². The summed E-state index contributed by atoms with van der Waals surface area (Å²) in [6, 6.07) is 5.72. The summed E-state index contributed by atoms with van der Waals surface area (Å²) in [5.41, 5.74) is 8.33. The van der Waals surface area contributed by atoms with Crippen LogP contribution in [0, 0.1) is 0 Å². The largest absolute Gasteiger partial charge is 0.382 e. The number of aromatic nitrogens is 5. The highest BCUT2D eigenvalue weighted by Crippen LogP contribution is 2.36. The highest BCUT2D eigenvalue weighted by Gasteiger charge is 2.17. The van der Waals surface area contributed by atoms with E-state index in [1.54, 1.807) is 11.3 Å². The summed E-state index contributed by atoms with van der Waals surface area (Å²) >= 11 is 9.19. The quantitative estimate of drug-likeness (QED) is 0.535. The van der Waals surface area contributed by atoms with Crippen molar-refractivity contribution >= 4 is 61.9 Å². The number of nitrogens with two attached hydrogens (primary N) is 1. The van der Waals surface area contributed by atoms with Crippen LogP contribution in [-0.4, -0.2) is 24.5 Å². The summed E-state index contributed by atoms with van der Waals surface area (Å²) in [5.74, 6) is 0.401. The third-order valence-corrected chi connectivity index (χ3v) is 6.08. The Morgan fingerprint density at radius 3 is 3.00 bits per heavy atom. The topological polar surface area (TPSA) is 82.5 Å². The number of nitrogens with zero attached hydrogens (tertiary/aromatic N) is 5. The first-order valence-corrected chi connectivity index (χ1v) is 9.87. The third-order valence-electron chi connectivity index (χ3n) is 3.77. The number of halogens is 1. The minimum atomic E-state index is 0.401. The van der Waals surface area contributed by atoms with Gasteiger partial charge in [0.05, 0.1) is 10.2 Å². The number of imidazole rings is 1. The highest BCUT2D eigenvalue weighted by molar-refractivity contribution is 8.01. The fraction of sp³-hybridized carbons (Fsp3) is 0.250. The molecule has 0 aliphatic rings. The molecule has 4 rings (SSSR count). The summed E-state index contributed by atoms with van der Waals surface area (Å²) in [5, 5.41) is 1.55. The Morgan fingerprint density at radius 1 is 1.28 bits per heavy atom. The van der Waals surface area contributed by atoms with Crippen LogP contribution in [0.5, 0.6) is 0 Å². The van der Waals surface area contributed by atoms with Gasteiger partial charge >= 0.3 is 0 Å². The Hall–Kier alpha value is -1.90. The number of rotatable bonds is 5. The van der Waals surface area contributed by atoms with Crippen molar-refractivity contribution in [3.05, 3.63) is 29.5 Å². The maximum atomic E-state index is 6.07. The van der Waals surface area contributed by atoms with Crippen molar-refractivity contribution in [2.45, 2.75) is 35.8 Å². The van der Waals surface area contributed by atoms with Gasteiger partial charge in [0, 0.05) is 11.6 Å². The molecule has 0 bridgehead atoms. The van der Waals surface area contributed by atoms with Crippen molar-refractivity contribution in [1.82, 2.24) is 24.5 Å². The van der Waals surface area contributed by atoms with E-state index in [9.17, 15) is 0 Å². The second-order valence-corrected chi connectivity index (χ2v) is 8.21. The summed E-state index contributed by atoms with van der Waals surface area (Å²) in [6.45, 7) is 3.00. The highest BCUT2D eigenvalue weighted by atomic mass is 35.5. The van der Waals surface area contributed by atoms with E-state index in [1.165, 1.54) is 18.1 Å². The molecule has 25 heavy (non-hydrogen) atoms. The van der Waals surface area contributed by atoms with E-state index < -0.39 is 0 Å². The lowest BCUT2D eigenvalue weighted by atomic mass is 10.3. The summed E-state index contributed by atoms with van der Waals surface area (Å²) in [6.07, 6.45) is 3.61. The smallest absolute Gasteiger partial charge is 0.177 e. The number of unbranched alkanes of at least 4 members (excludes halogenated alkanes) is 1. The van der Waals surface area contributed by atoms with Crippen LogP contribution >= 0.6 is 34.7 Å². The van der Waals surface area contributed by atoms with E-state index in [2.05, 4.69) is 31.4 Å². The van der Waals surface area contributed by atoms with Crippen molar-refractivity contribution in [3.63, 3.8) is 0 Å². The zero-order valence-electron chi connectivity index (χ0n) is 13.4. The molecular formula is C16H15ClN6S2. The average Bonchev–Trinajstić information content (AvgIpc) is 3.14. The molecule has 0 radical (unpaired) electrons. The minimum absolute atomic E-state index is 0.401. The molecule has 0 atom stereocenters. The molecule has 0 saturated heterocycles. The van der Waals surface area contributed by atoms with Gasteiger partial charge in [0.1, 0.15) is 6.33 Å². The molecule has 2 N–H and O–H groups in total. The van der Waals surface area contributed by atoms with E-state index >= 15 is 0 Å². The predicted molar refractivity (Wildman–Crippen MR) is 103 cm³/mol. The van der Waals surface area contributed by atoms with Gasteiger partial charge in [-0.15, -0.1) is 11.3 Å². The fourth-order valence-electron chi connectivity index (χ4n) is 2.53. The van der Waals surface area contributed by atoms with Gasteiger partial charge in [-0.3, -0.25) is 0 Å². The zero-order valence-corrected chi connectivity index (χ0v) is 15.8. The number of anilines is 1. The monoisotopic (exact) mass is 390 g/mol. The normalized spacial score (nSPS) is 11.6. The second kappa shape index (κ2) is 6.78. The second-order valence-electron chi connectivity index (χ2n) is 5.52. The molecule has 0 aliphatic carbocycles. The molecule has 0 amide bonds. The molecule has 0 unspecified atom stereocenters. The lowest BCUT2D eigenvalue weighted by molar-refractivity contribution is 0.598. The molecule has 0 spiro atoms. The van der Waals surface area contributed by atoms with Gasteiger partial charge in [0.25, 0.3) is 0 Å². The van der Waals surface area contributed by atoms with Crippen LogP contribution in [0.4, 0.5) is 5.82 Å². The first-order valence-electron chi connectivity index (χ1n) is 7.86. The summed E-state index contributed by atoms with van der Waals surface area (Å²) in [7, 11) is 0. The minimum Gasteiger partial charge on any atom is -0.382 e. The summed E-state index contributed by atoms with van der Waals surface area (Å²) in [4.78, 5) is 17.8. The molecule has 1 aromatic carbocycles. The van der Waals surface area contributed by atoms with Crippen LogP contribution in [0.3, 0.4) is 0 Å². The van der Waals surface area contributed by atoms with Gasteiger partial charge < -0.3 is 10.3 Å². The lowest BCUT2D eigenvalue weighted by Crippen LogP contribution is -2.01. The van der Waals surface area contributed by atoms with E-state index in [-0.39, 0.29) is 0 Å². The molecular weight excluding hydrogens is 376 g/mol. The van der Waals surface area contributed by atoms with Gasteiger partial charge in [-0.25, -0.2) is 19.9 Å². The number of hydrogen-bond acceptors (Lipinski definition) is 7. The first kappa shape index (κ1) is 16.6. The third kappa shape index (κ3) is 3.17. The Kier molecular flexibility index (Phi) is 4.49. The molecule has 3 heterocycles. The van der Waals surface area contributed by atoms with Crippen LogP contribution < -0.4 is 5.73 Å². The zero-order chi connectivity index (χ0) is 17.4. The Labute approximate surface area is 157 Å². The number of aryl methyl sites for hydroxylation is 1. The van der Waals surface area contributed by atoms with Crippen LogP contribution in [0.1, 0.15) is 19.8 Å². The van der Waals surface area contributed by atoms with Gasteiger partial charge in [0.2, 0.25) is 0 Å². The van der Waals surface area contributed by atoms with Crippen LogP contribution in [0.15, 0.2) is 34.0 Å². The molecule has 9 heteroatoms. The van der Waals surface area contributed by atoms with Gasteiger partial charge in [0.15, 0.2) is 26.5 Å². The summed E-state index contributed by atoms with van der Waals surface area (Å²) < 4.78 is 4.07. The Bertz CT molecular complexity index is 1060. The SMILES string of the molecule is CCCCn1c(Sc2nc3ccc(Cl)cc3s2)nc2c(N)ncnc21. The molecule has 3 aromatic heterocycles. The van der Waals surface area contributed by atoms with Gasteiger partial charge in [-0.2, -0.15) is 0 Å². The van der Waals surface area contributed by atoms with Crippen molar-refractivity contribution in [2.24, 2.45) is 0 Å². The standard InChI is InChI=1S/C16H15ClN6S2/c1-2-3-6-23-14-12(13(18)19-8-20-14)22-15(23)25-16-21-10-5-4-9(17)7-11(10)24-16/h4-5,7-8H,2-3,6H2,1H3,(H2,18,19,20). The number of nitrogen functional groups attached to an aromatic ring is 1. The number of hydrogen-bond donors (Lipinski definition) is 1. The lowest BCUT2D eigenvalue weighted by Gasteiger charge is -2.05. The molecule has 0 aliphatic heterocycles. The first-order chi connectivity index (χ1) is 12.2. The van der Waals surface area contributed by atoms with Crippen molar-refractivity contribution < 1.29 is 0 Å². The number of thiazole rings is 1. The van der Waals surface area contributed by atoms with E-state index in [1.807, 2.05) is 18.2 Å². The number of fused-ring (bicyclic) bond motifs is 2. The Morgan fingerprint density at radius 2 is 2.16 bits per heavy atom. The molecule has 4 aromatic rings. The molecule has 6 nitrogen and oxygen atoms in total. The van der Waals surface area contributed by atoms with E-state index in [4.69, 9.17) is 17.3 Å².